The number of aromatic nitrogens is 2. The molecule has 0 unspecified atom stereocenters. The molecular weight excluding hydrogens is 310 g/mol. The van der Waals surface area contributed by atoms with Crippen molar-refractivity contribution in [1.29, 1.82) is 0 Å². The summed E-state index contributed by atoms with van der Waals surface area (Å²) in [5, 5.41) is 4.23. The lowest BCUT2D eigenvalue weighted by Crippen LogP contribution is -2.36. The molecule has 0 bridgehead atoms. The first kappa shape index (κ1) is 15.8. The average molecular weight is 331 g/mol. The van der Waals surface area contributed by atoms with E-state index in [4.69, 9.17) is 0 Å². The molecule has 0 aliphatic heterocycles. The van der Waals surface area contributed by atoms with Gasteiger partial charge in [-0.25, -0.2) is 0 Å². The fourth-order valence-corrected chi connectivity index (χ4v) is 3.47. The van der Waals surface area contributed by atoms with Gasteiger partial charge in [0.2, 0.25) is 0 Å². The Balaban J connectivity index is 1.58. The zero-order chi connectivity index (χ0) is 17.1. The van der Waals surface area contributed by atoms with Gasteiger partial charge in [-0.2, -0.15) is 0 Å². The molecule has 1 saturated carbocycles. The molecule has 1 amide bonds. The molecule has 1 aliphatic rings. The van der Waals surface area contributed by atoms with Gasteiger partial charge in [0.1, 0.15) is 0 Å². The molecule has 25 heavy (non-hydrogen) atoms. The Morgan fingerprint density at radius 3 is 2.64 bits per heavy atom. The summed E-state index contributed by atoms with van der Waals surface area (Å²) in [5.41, 5.74) is 3.45. The number of hydrogen-bond donors (Lipinski definition) is 1. The first-order valence-corrected chi connectivity index (χ1v) is 8.91. The molecule has 4 nitrogen and oxygen atoms in total. The fourth-order valence-electron chi connectivity index (χ4n) is 3.47. The van der Waals surface area contributed by atoms with Crippen LogP contribution in [0.15, 0.2) is 55.0 Å². The van der Waals surface area contributed by atoms with E-state index in [9.17, 15) is 4.79 Å². The normalized spacial score (nSPS) is 15.2. The molecule has 1 aliphatic carbocycles. The predicted molar refractivity (Wildman–Crippen MR) is 99.3 cm³/mol. The van der Waals surface area contributed by atoms with Gasteiger partial charge in [-0.15, -0.1) is 0 Å². The highest BCUT2D eigenvalue weighted by atomic mass is 16.1. The van der Waals surface area contributed by atoms with Crippen molar-refractivity contribution in [2.45, 2.75) is 38.1 Å². The van der Waals surface area contributed by atoms with Gasteiger partial charge in [-0.3, -0.25) is 14.8 Å². The van der Waals surface area contributed by atoms with E-state index in [1.165, 1.54) is 19.3 Å². The van der Waals surface area contributed by atoms with Gasteiger partial charge in [-0.1, -0.05) is 37.5 Å². The van der Waals surface area contributed by atoms with Crippen molar-refractivity contribution in [2.24, 2.45) is 0 Å². The molecule has 0 saturated heterocycles. The Bertz CT molecular complexity index is 900. The van der Waals surface area contributed by atoms with E-state index < -0.39 is 0 Å². The number of benzene rings is 1. The van der Waals surface area contributed by atoms with Crippen LogP contribution in [0, 0.1) is 0 Å². The van der Waals surface area contributed by atoms with E-state index in [1.54, 1.807) is 12.4 Å². The third-order valence-electron chi connectivity index (χ3n) is 4.86. The first-order valence-electron chi connectivity index (χ1n) is 8.91. The number of rotatable bonds is 3. The summed E-state index contributed by atoms with van der Waals surface area (Å²) in [6.07, 6.45) is 11.1. The summed E-state index contributed by atoms with van der Waals surface area (Å²) in [6.45, 7) is 0. The molecule has 1 N–H and O–H groups in total. The lowest BCUT2D eigenvalue weighted by molar-refractivity contribution is 0.0927. The summed E-state index contributed by atoms with van der Waals surface area (Å²) in [4.78, 5) is 21.3. The highest BCUT2D eigenvalue weighted by Crippen LogP contribution is 2.23. The van der Waals surface area contributed by atoms with E-state index >= 15 is 0 Å². The number of para-hydroxylation sites is 1. The van der Waals surface area contributed by atoms with Gasteiger partial charge in [0, 0.05) is 41.1 Å². The Morgan fingerprint density at radius 1 is 0.960 bits per heavy atom. The zero-order valence-electron chi connectivity index (χ0n) is 14.1. The molecular formula is C21H21N3O. The maximum absolute atomic E-state index is 12.5. The molecule has 1 aromatic carbocycles. The van der Waals surface area contributed by atoms with Crippen molar-refractivity contribution in [3.05, 3.63) is 60.6 Å². The molecule has 126 valence electrons. The SMILES string of the molecule is O=C(NC1CCCCC1)c1cncc(-c2cnc3ccccc3c2)c1. The molecule has 4 rings (SSSR count). The molecule has 2 aromatic heterocycles. The second kappa shape index (κ2) is 7.01. The van der Waals surface area contributed by atoms with Crippen LogP contribution in [0.4, 0.5) is 0 Å². The number of pyridine rings is 2. The lowest BCUT2D eigenvalue weighted by atomic mass is 9.95. The summed E-state index contributed by atoms with van der Waals surface area (Å²) >= 11 is 0. The number of carbonyl (C=O) groups excluding carboxylic acids is 1. The van der Waals surface area contributed by atoms with Gasteiger partial charge < -0.3 is 5.32 Å². The minimum Gasteiger partial charge on any atom is -0.349 e. The van der Waals surface area contributed by atoms with Gasteiger partial charge in [0.15, 0.2) is 0 Å². The van der Waals surface area contributed by atoms with Crippen LogP contribution in [0.2, 0.25) is 0 Å². The number of carbonyl (C=O) groups is 1. The van der Waals surface area contributed by atoms with Gasteiger partial charge in [0.25, 0.3) is 5.91 Å². The van der Waals surface area contributed by atoms with E-state index in [0.29, 0.717) is 11.6 Å². The van der Waals surface area contributed by atoms with Crippen LogP contribution >= 0.6 is 0 Å². The van der Waals surface area contributed by atoms with Crippen LogP contribution in [0.3, 0.4) is 0 Å². The summed E-state index contributed by atoms with van der Waals surface area (Å²) < 4.78 is 0. The minimum absolute atomic E-state index is 0.0324. The maximum Gasteiger partial charge on any atom is 0.253 e. The van der Waals surface area contributed by atoms with Crippen LogP contribution in [0.1, 0.15) is 42.5 Å². The standard InChI is InChI=1S/C21H21N3O/c25-21(24-19-7-2-1-3-8-19)18-11-16(12-22-13-18)17-10-15-6-4-5-9-20(15)23-14-17/h4-6,9-14,19H,1-3,7-8H2,(H,24,25). The van der Waals surface area contributed by atoms with E-state index in [-0.39, 0.29) is 5.91 Å². The predicted octanol–water partition coefficient (Wildman–Crippen LogP) is 4.36. The molecule has 0 spiro atoms. The van der Waals surface area contributed by atoms with Gasteiger partial charge >= 0.3 is 0 Å². The molecule has 1 fully saturated rings. The Kier molecular flexibility index (Phi) is 4.42. The number of fused-ring (bicyclic) bond motifs is 1. The summed E-state index contributed by atoms with van der Waals surface area (Å²) in [5.74, 6) is -0.0324. The zero-order valence-corrected chi connectivity index (χ0v) is 14.1. The van der Waals surface area contributed by atoms with E-state index in [1.807, 2.05) is 36.5 Å². The lowest BCUT2D eigenvalue weighted by Gasteiger charge is -2.22. The Morgan fingerprint density at radius 2 is 1.76 bits per heavy atom. The topological polar surface area (TPSA) is 54.9 Å². The van der Waals surface area contributed by atoms with E-state index in [0.717, 1.165) is 34.9 Å². The second-order valence-corrected chi connectivity index (χ2v) is 6.69. The summed E-state index contributed by atoms with van der Waals surface area (Å²) in [6, 6.07) is 12.3. The average Bonchev–Trinajstić information content (AvgIpc) is 2.68. The van der Waals surface area contributed by atoms with E-state index in [2.05, 4.69) is 21.4 Å². The smallest absolute Gasteiger partial charge is 0.253 e. The molecule has 0 radical (unpaired) electrons. The van der Waals surface area contributed by atoms with Gasteiger partial charge in [-0.05, 0) is 31.0 Å². The minimum atomic E-state index is -0.0324. The maximum atomic E-state index is 12.5. The van der Waals surface area contributed by atoms with Crippen LogP contribution < -0.4 is 5.32 Å². The monoisotopic (exact) mass is 331 g/mol. The third kappa shape index (κ3) is 3.53. The second-order valence-electron chi connectivity index (χ2n) is 6.69. The molecule has 0 atom stereocenters. The highest BCUT2D eigenvalue weighted by molar-refractivity contribution is 5.95. The number of nitrogens with one attached hydrogen (secondary N) is 1. The third-order valence-corrected chi connectivity index (χ3v) is 4.86. The Labute approximate surface area is 147 Å². The molecule has 2 heterocycles. The number of nitrogens with zero attached hydrogens (tertiary/aromatic N) is 2. The van der Waals surface area contributed by atoms with Crippen molar-refractivity contribution in [3.63, 3.8) is 0 Å². The van der Waals surface area contributed by atoms with Crippen LogP contribution in [0.5, 0.6) is 0 Å². The first-order chi connectivity index (χ1) is 12.3. The largest absolute Gasteiger partial charge is 0.349 e. The summed E-state index contributed by atoms with van der Waals surface area (Å²) in [7, 11) is 0. The number of hydrogen-bond acceptors (Lipinski definition) is 3. The molecule has 4 heteroatoms. The van der Waals surface area contributed by atoms with Crippen LogP contribution in [0.25, 0.3) is 22.0 Å². The molecule has 3 aromatic rings. The van der Waals surface area contributed by atoms with Crippen molar-refractivity contribution < 1.29 is 4.79 Å². The number of amides is 1. The Hall–Kier alpha value is -2.75. The van der Waals surface area contributed by atoms with Crippen molar-refractivity contribution in [3.8, 4) is 11.1 Å². The van der Waals surface area contributed by atoms with Gasteiger partial charge in [0.05, 0.1) is 11.1 Å². The highest BCUT2D eigenvalue weighted by Gasteiger charge is 2.17. The van der Waals surface area contributed by atoms with Crippen molar-refractivity contribution in [2.75, 3.05) is 0 Å². The van der Waals surface area contributed by atoms with Crippen molar-refractivity contribution >= 4 is 16.8 Å². The van der Waals surface area contributed by atoms with Crippen molar-refractivity contribution in [1.82, 2.24) is 15.3 Å². The van der Waals surface area contributed by atoms with Crippen LogP contribution in [-0.4, -0.2) is 21.9 Å². The van der Waals surface area contributed by atoms with Crippen LogP contribution in [-0.2, 0) is 0 Å². The fraction of sp³-hybridized carbons (Fsp3) is 0.286. The quantitative estimate of drug-likeness (QED) is 0.776.